The van der Waals surface area contributed by atoms with Gasteiger partial charge in [0.25, 0.3) is 0 Å². The summed E-state index contributed by atoms with van der Waals surface area (Å²) in [5, 5.41) is 11.6. The second-order valence-corrected chi connectivity index (χ2v) is 5.87. The summed E-state index contributed by atoms with van der Waals surface area (Å²) in [5.74, 6) is -0.373. The van der Waals surface area contributed by atoms with Crippen molar-refractivity contribution < 1.29 is 19.4 Å². The molecule has 1 aromatic carbocycles. The van der Waals surface area contributed by atoms with Crippen molar-refractivity contribution in [2.24, 2.45) is 5.92 Å². The van der Waals surface area contributed by atoms with Crippen molar-refractivity contribution in [3.8, 4) is 0 Å². The summed E-state index contributed by atoms with van der Waals surface area (Å²) >= 11 is 0. The van der Waals surface area contributed by atoms with Gasteiger partial charge in [-0.3, -0.25) is 4.79 Å². The van der Waals surface area contributed by atoms with Crippen molar-refractivity contribution in [2.45, 2.75) is 51.2 Å². The van der Waals surface area contributed by atoms with Crippen LogP contribution in [0.25, 0.3) is 0 Å². The first-order valence-corrected chi connectivity index (χ1v) is 7.82. The minimum Gasteiger partial charge on any atom is -0.481 e. The third kappa shape index (κ3) is 5.76. The van der Waals surface area contributed by atoms with Crippen LogP contribution in [0.1, 0.15) is 44.1 Å². The van der Waals surface area contributed by atoms with E-state index < -0.39 is 12.1 Å². The molecule has 1 amide bonds. The molecule has 0 saturated heterocycles. The zero-order valence-electron chi connectivity index (χ0n) is 12.7. The first-order valence-electron chi connectivity index (χ1n) is 7.82. The fraction of sp³-hybridized carbons (Fsp3) is 0.529. The number of hydrogen-bond donors (Lipinski definition) is 2. The standard InChI is InChI=1S/C17H23NO4/c19-16(20)10-9-13-7-4-8-15(11-13)18-17(21)22-12-14-5-2-1-3-6-14/h1-3,5-6,13,15H,4,7-12H2,(H,18,21)(H,19,20)/t13-,15-/m1/s1. The van der Waals surface area contributed by atoms with Crippen LogP contribution in [0.3, 0.4) is 0 Å². The van der Waals surface area contributed by atoms with Crippen LogP contribution in [0.4, 0.5) is 4.79 Å². The van der Waals surface area contributed by atoms with E-state index in [1.807, 2.05) is 30.3 Å². The number of aliphatic carboxylic acids is 1. The number of hydrogen-bond acceptors (Lipinski definition) is 3. The first kappa shape index (κ1) is 16.3. The molecule has 5 nitrogen and oxygen atoms in total. The number of alkyl carbamates (subject to hydrolysis) is 1. The van der Waals surface area contributed by atoms with Gasteiger partial charge in [-0.1, -0.05) is 43.2 Å². The Hall–Kier alpha value is -2.04. The van der Waals surface area contributed by atoms with Gasteiger partial charge in [-0.15, -0.1) is 0 Å². The summed E-state index contributed by atoms with van der Waals surface area (Å²) in [4.78, 5) is 22.5. The fourth-order valence-electron chi connectivity index (χ4n) is 2.94. The maximum Gasteiger partial charge on any atom is 0.407 e. The normalized spacial score (nSPS) is 21.1. The Morgan fingerprint density at radius 1 is 1.23 bits per heavy atom. The van der Waals surface area contributed by atoms with Gasteiger partial charge in [0.05, 0.1) is 0 Å². The van der Waals surface area contributed by atoms with Crippen molar-refractivity contribution in [2.75, 3.05) is 0 Å². The summed E-state index contributed by atoms with van der Waals surface area (Å²) in [6.07, 6.45) is 4.34. The molecule has 1 saturated carbocycles. The number of carboxylic acid groups (broad SMARTS) is 1. The van der Waals surface area contributed by atoms with Crippen LogP contribution in [0.5, 0.6) is 0 Å². The molecule has 2 atom stereocenters. The number of ether oxygens (including phenoxy) is 1. The van der Waals surface area contributed by atoms with Gasteiger partial charge in [-0.2, -0.15) is 0 Å². The van der Waals surface area contributed by atoms with Gasteiger partial charge in [-0.05, 0) is 30.7 Å². The number of benzene rings is 1. The molecule has 0 radical (unpaired) electrons. The number of amides is 1. The summed E-state index contributed by atoms with van der Waals surface area (Å²) in [7, 11) is 0. The number of nitrogens with one attached hydrogen (secondary N) is 1. The van der Waals surface area contributed by atoms with Crippen molar-refractivity contribution in [3.05, 3.63) is 35.9 Å². The highest BCUT2D eigenvalue weighted by Gasteiger charge is 2.24. The lowest BCUT2D eigenvalue weighted by molar-refractivity contribution is -0.137. The molecule has 2 N–H and O–H groups in total. The fourth-order valence-corrected chi connectivity index (χ4v) is 2.94. The predicted molar refractivity (Wildman–Crippen MR) is 82.4 cm³/mol. The Morgan fingerprint density at radius 2 is 2.00 bits per heavy atom. The third-order valence-corrected chi connectivity index (χ3v) is 4.08. The van der Waals surface area contributed by atoms with Crippen LogP contribution in [-0.4, -0.2) is 23.2 Å². The van der Waals surface area contributed by atoms with E-state index in [0.29, 0.717) is 12.3 Å². The topological polar surface area (TPSA) is 75.6 Å². The Kier molecular flexibility index (Phi) is 6.25. The maximum absolute atomic E-state index is 11.8. The van der Waals surface area contributed by atoms with Gasteiger partial charge in [0, 0.05) is 12.5 Å². The summed E-state index contributed by atoms with van der Waals surface area (Å²) in [5.41, 5.74) is 0.959. The highest BCUT2D eigenvalue weighted by Crippen LogP contribution is 2.27. The largest absolute Gasteiger partial charge is 0.481 e. The third-order valence-electron chi connectivity index (χ3n) is 4.08. The molecule has 0 spiro atoms. The Balaban J connectivity index is 1.70. The van der Waals surface area contributed by atoms with Crippen molar-refractivity contribution >= 4 is 12.1 Å². The van der Waals surface area contributed by atoms with E-state index in [1.165, 1.54) is 0 Å². The molecule has 5 heteroatoms. The zero-order chi connectivity index (χ0) is 15.8. The molecule has 1 aromatic rings. The van der Waals surface area contributed by atoms with E-state index in [2.05, 4.69) is 5.32 Å². The van der Waals surface area contributed by atoms with Crippen LogP contribution in [0, 0.1) is 5.92 Å². The molecule has 0 aromatic heterocycles. The number of carbonyl (C=O) groups is 2. The van der Waals surface area contributed by atoms with Gasteiger partial charge in [-0.25, -0.2) is 4.79 Å². The quantitative estimate of drug-likeness (QED) is 0.845. The Bertz CT molecular complexity index is 489. The van der Waals surface area contributed by atoms with E-state index >= 15 is 0 Å². The van der Waals surface area contributed by atoms with Crippen LogP contribution in [0.2, 0.25) is 0 Å². The molecule has 1 fully saturated rings. The molecule has 120 valence electrons. The summed E-state index contributed by atoms with van der Waals surface area (Å²) < 4.78 is 5.22. The minimum atomic E-state index is -0.752. The molecule has 1 aliphatic carbocycles. The molecule has 0 unspecified atom stereocenters. The smallest absolute Gasteiger partial charge is 0.407 e. The monoisotopic (exact) mass is 305 g/mol. The lowest BCUT2D eigenvalue weighted by Crippen LogP contribution is -2.38. The number of carboxylic acids is 1. The Labute approximate surface area is 130 Å². The van der Waals surface area contributed by atoms with Crippen molar-refractivity contribution in [1.82, 2.24) is 5.32 Å². The molecule has 1 aliphatic rings. The first-order chi connectivity index (χ1) is 10.6. The molecule has 0 heterocycles. The SMILES string of the molecule is O=C(O)CC[C@H]1CCC[C@@H](NC(=O)OCc2ccccc2)C1. The van der Waals surface area contributed by atoms with Crippen LogP contribution >= 0.6 is 0 Å². The highest BCUT2D eigenvalue weighted by atomic mass is 16.5. The van der Waals surface area contributed by atoms with E-state index in [1.54, 1.807) is 0 Å². The van der Waals surface area contributed by atoms with Crippen LogP contribution in [-0.2, 0) is 16.1 Å². The van der Waals surface area contributed by atoms with E-state index in [-0.39, 0.29) is 19.1 Å². The van der Waals surface area contributed by atoms with Crippen molar-refractivity contribution in [1.29, 1.82) is 0 Å². The molecule has 0 bridgehead atoms. The number of rotatable bonds is 6. The van der Waals surface area contributed by atoms with Gasteiger partial charge in [0.15, 0.2) is 0 Å². The lowest BCUT2D eigenvalue weighted by Gasteiger charge is -2.29. The summed E-state index contributed by atoms with van der Waals surface area (Å²) in [6.45, 7) is 0.266. The van der Waals surface area contributed by atoms with E-state index in [4.69, 9.17) is 9.84 Å². The van der Waals surface area contributed by atoms with E-state index in [9.17, 15) is 9.59 Å². The lowest BCUT2D eigenvalue weighted by atomic mass is 9.83. The van der Waals surface area contributed by atoms with Gasteiger partial charge in [0.1, 0.15) is 6.61 Å². The van der Waals surface area contributed by atoms with Gasteiger partial charge >= 0.3 is 12.1 Å². The molecular weight excluding hydrogens is 282 g/mol. The van der Waals surface area contributed by atoms with E-state index in [0.717, 1.165) is 31.2 Å². The Morgan fingerprint density at radius 3 is 2.73 bits per heavy atom. The van der Waals surface area contributed by atoms with Gasteiger partial charge in [0.2, 0.25) is 0 Å². The minimum absolute atomic E-state index is 0.0934. The molecular formula is C17H23NO4. The van der Waals surface area contributed by atoms with Crippen molar-refractivity contribution in [3.63, 3.8) is 0 Å². The van der Waals surface area contributed by atoms with Gasteiger partial charge < -0.3 is 15.2 Å². The number of carbonyl (C=O) groups excluding carboxylic acids is 1. The van der Waals surface area contributed by atoms with Crippen LogP contribution < -0.4 is 5.32 Å². The molecule has 2 rings (SSSR count). The maximum atomic E-state index is 11.8. The van der Waals surface area contributed by atoms with Crippen LogP contribution in [0.15, 0.2) is 30.3 Å². The zero-order valence-corrected chi connectivity index (χ0v) is 12.7. The average molecular weight is 305 g/mol. The highest BCUT2D eigenvalue weighted by molar-refractivity contribution is 5.67. The average Bonchev–Trinajstić information content (AvgIpc) is 2.52. The molecule has 0 aliphatic heterocycles. The second-order valence-electron chi connectivity index (χ2n) is 5.87. The molecule has 22 heavy (non-hydrogen) atoms. The predicted octanol–water partition coefficient (Wildman–Crippen LogP) is 3.34. The summed E-state index contributed by atoms with van der Waals surface area (Å²) in [6, 6.07) is 9.65. The second kappa shape index (κ2) is 8.41.